The third-order valence-electron chi connectivity index (χ3n) is 2.88. The van der Waals surface area contributed by atoms with Gasteiger partial charge < -0.3 is 5.32 Å². The van der Waals surface area contributed by atoms with Gasteiger partial charge in [-0.05, 0) is 36.3 Å². The predicted molar refractivity (Wildman–Crippen MR) is 68.3 cm³/mol. The Morgan fingerprint density at radius 2 is 2.27 bits per heavy atom. The minimum atomic E-state index is 0.580. The van der Waals surface area contributed by atoms with E-state index in [1.54, 1.807) is 0 Å². The van der Waals surface area contributed by atoms with Gasteiger partial charge in [-0.1, -0.05) is 31.2 Å². The van der Waals surface area contributed by atoms with Gasteiger partial charge in [-0.3, -0.25) is 0 Å². The molecule has 82 valence electrons. The van der Waals surface area contributed by atoms with Crippen LogP contribution in [0.3, 0.4) is 0 Å². The number of benzene rings is 1. The summed E-state index contributed by atoms with van der Waals surface area (Å²) in [5.41, 5.74) is 3.05. The van der Waals surface area contributed by atoms with Gasteiger partial charge >= 0.3 is 0 Å². The largest absolute Gasteiger partial charge is 0.310 e. The average Bonchev–Trinajstić information content (AvgIpc) is 2.49. The van der Waals surface area contributed by atoms with E-state index < -0.39 is 0 Å². The summed E-state index contributed by atoms with van der Waals surface area (Å²) in [5.74, 6) is 2.45. The molecule has 0 bridgehead atoms. The molecule has 2 rings (SSSR count). The normalized spacial score (nSPS) is 20.7. The number of hydrogen-bond acceptors (Lipinski definition) is 2. The van der Waals surface area contributed by atoms with Crippen LogP contribution in [0.1, 0.15) is 36.9 Å². The molecular formula is C13H19NS. The lowest BCUT2D eigenvalue weighted by molar-refractivity contribution is 0.521. The van der Waals surface area contributed by atoms with E-state index in [0.29, 0.717) is 6.04 Å². The Hall–Kier alpha value is -0.470. The lowest BCUT2D eigenvalue weighted by atomic mass is 9.99. The fraction of sp³-hybridized carbons (Fsp3) is 0.538. The molecule has 1 heterocycles. The second kappa shape index (κ2) is 5.57. The van der Waals surface area contributed by atoms with Crippen LogP contribution >= 0.6 is 11.8 Å². The summed E-state index contributed by atoms with van der Waals surface area (Å²) in [6.07, 6.45) is 2.48. The smallest absolute Gasteiger partial charge is 0.0331 e. The van der Waals surface area contributed by atoms with Crippen LogP contribution in [-0.2, 0) is 5.75 Å². The molecule has 0 saturated carbocycles. The van der Waals surface area contributed by atoms with E-state index in [2.05, 4.69) is 48.3 Å². The van der Waals surface area contributed by atoms with Gasteiger partial charge in [0.15, 0.2) is 0 Å². The van der Waals surface area contributed by atoms with Gasteiger partial charge in [0.25, 0.3) is 0 Å². The average molecular weight is 221 g/mol. The highest BCUT2D eigenvalue weighted by atomic mass is 32.2. The maximum Gasteiger partial charge on any atom is 0.0331 e. The molecule has 1 aromatic rings. The van der Waals surface area contributed by atoms with Crippen molar-refractivity contribution < 1.29 is 0 Å². The molecule has 0 fully saturated rings. The van der Waals surface area contributed by atoms with Crippen molar-refractivity contribution in [3.05, 3.63) is 35.4 Å². The Labute approximate surface area is 96.7 Å². The molecular weight excluding hydrogens is 202 g/mol. The third-order valence-corrected chi connectivity index (χ3v) is 3.92. The summed E-state index contributed by atoms with van der Waals surface area (Å²) < 4.78 is 0. The van der Waals surface area contributed by atoms with Gasteiger partial charge in [0, 0.05) is 11.8 Å². The molecule has 1 N–H and O–H groups in total. The molecule has 1 aliphatic heterocycles. The molecule has 0 aliphatic carbocycles. The fourth-order valence-corrected chi connectivity index (χ4v) is 3.10. The fourth-order valence-electron chi connectivity index (χ4n) is 2.07. The maximum absolute atomic E-state index is 3.65. The van der Waals surface area contributed by atoms with Crippen molar-refractivity contribution >= 4 is 11.8 Å². The second-order valence-electron chi connectivity index (χ2n) is 4.05. The molecule has 0 spiro atoms. The first-order valence-electron chi connectivity index (χ1n) is 5.80. The zero-order chi connectivity index (χ0) is 10.5. The Bertz CT molecular complexity index is 311. The number of rotatable bonds is 3. The first kappa shape index (κ1) is 11.0. The van der Waals surface area contributed by atoms with E-state index in [9.17, 15) is 0 Å². The zero-order valence-electron chi connectivity index (χ0n) is 9.33. The summed E-state index contributed by atoms with van der Waals surface area (Å²) >= 11 is 2.06. The minimum absolute atomic E-state index is 0.580. The van der Waals surface area contributed by atoms with Crippen molar-refractivity contribution in [3.63, 3.8) is 0 Å². The molecule has 2 heteroatoms. The third kappa shape index (κ3) is 2.76. The molecule has 1 aliphatic rings. The SMILES string of the molecule is CCCNC1CCSCc2ccccc21. The van der Waals surface area contributed by atoms with Crippen molar-refractivity contribution in [2.45, 2.75) is 31.6 Å². The molecule has 0 aromatic heterocycles. The summed E-state index contributed by atoms with van der Waals surface area (Å²) in [6, 6.07) is 9.45. The van der Waals surface area contributed by atoms with Gasteiger partial charge in [-0.2, -0.15) is 11.8 Å². The molecule has 1 nitrogen and oxygen atoms in total. The van der Waals surface area contributed by atoms with Crippen LogP contribution in [0.2, 0.25) is 0 Å². The monoisotopic (exact) mass is 221 g/mol. The molecule has 1 unspecified atom stereocenters. The first-order chi connectivity index (χ1) is 7.42. The summed E-state index contributed by atoms with van der Waals surface area (Å²) in [6.45, 7) is 3.36. The number of fused-ring (bicyclic) bond motifs is 1. The van der Waals surface area contributed by atoms with Crippen molar-refractivity contribution in [1.29, 1.82) is 0 Å². The Morgan fingerprint density at radius 1 is 1.40 bits per heavy atom. The van der Waals surface area contributed by atoms with Crippen molar-refractivity contribution in [2.24, 2.45) is 0 Å². The predicted octanol–water partition coefficient (Wildman–Crippen LogP) is 3.36. The highest BCUT2D eigenvalue weighted by Crippen LogP contribution is 2.30. The molecule has 0 radical (unpaired) electrons. The minimum Gasteiger partial charge on any atom is -0.310 e. The zero-order valence-corrected chi connectivity index (χ0v) is 10.1. The van der Waals surface area contributed by atoms with Crippen LogP contribution in [-0.4, -0.2) is 12.3 Å². The van der Waals surface area contributed by atoms with E-state index in [0.717, 1.165) is 6.54 Å². The molecule has 15 heavy (non-hydrogen) atoms. The van der Waals surface area contributed by atoms with E-state index >= 15 is 0 Å². The molecule has 1 aromatic carbocycles. The van der Waals surface area contributed by atoms with Crippen LogP contribution in [0.5, 0.6) is 0 Å². The topological polar surface area (TPSA) is 12.0 Å². The van der Waals surface area contributed by atoms with Gasteiger partial charge in [0.1, 0.15) is 0 Å². The van der Waals surface area contributed by atoms with Crippen molar-refractivity contribution in [3.8, 4) is 0 Å². The number of thioether (sulfide) groups is 1. The molecule has 0 saturated heterocycles. The van der Waals surface area contributed by atoms with Crippen LogP contribution in [0.25, 0.3) is 0 Å². The lowest BCUT2D eigenvalue weighted by Crippen LogP contribution is -2.22. The number of nitrogens with one attached hydrogen (secondary N) is 1. The van der Waals surface area contributed by atoms with Crippen LogP contribution in [0.15, 0.2) is 24.3 Å². The standard InChI is InChI=1S/C13H19NS/c1-2-8-14-13-7-9-15-10-11-5-3-4-6-12(11)13/h3-6,13-14H,2,7-10H2,1H3. The maximum atomic E-state index is 3.65. The van der Waals surface area contributed by atoms with Gasteiger partial charge in [-0.15, -0.1) is 0 Å². The molecule has 1 atom stereocenters. The van der Waals surface area contributed by atoms with Crippen molar-refractivity contribution in [1.82, 2.24) is 5.32 Å². The van der Waals surface area contributed by atoms with Crippen LogP contribution in [0.4, 0.5) is 0 Å². The van der Waals surface area contributed by atoms with Crippen molar-refractivity contribution in [2.75, 3.05) is 12.3 Å². The van der Waals surface area contributed by atoms with Gasteiger partial charge in [0.05, 0.1) is 0 Å². The van der Waals surface area contributed by atoms with E-state index in [4.69, 9.17) is 0 Å². The van der Waals surface area contributed by atoms with E-state index in [-0.39, 0.29) is 0 Å². The summed E-state index contributed by atoms with van der Waals surface area (Å²) in [5, 5.41) is 3.65. The van der Waals surface area contributed by atoms with Crippen LogP contribution in [0, 0.1) is 0 Å². The quantitative estimate of drug-likeness (QED) is 0.840. The highest BCUT2D eigenvalue weighted by Gasteiger charge is 2.17. The Morgan fingerprint density at radius 3 is 3.13 bits per heavy atom. The highest BCUT2D eigenvalue weighted by molar-refractivity contribution is 7.98. The summed E-state index contributed by atoms with van der Waals surface area (Å²) in [4.78, 5) is 0. The molecule has 0 amide bonds. The second-order valence-corrected chi connectivity index (χ2v) is 5.15. The first-order valence-corrected chi connectivity index (χ1v) is 6.96. The summed E-state index contributed by atoms with van der Waals surface area (Å²) in [7, 11) is 0. The lowest BCUT2D eigenvalue weighted by Gasteiger charge is -2.18. The number of hydrogen-bond donors (Lipinski definition) is 1. The Balaban J connectivity index is 2.17. The van der Waals surface area contributed by atoms with E-state index in [1.165, 1.54) is 35.5 Å². The van der Waals surface area contributed by atoms with E-state index in [1.807, 2.05) is 0 Å². The van der Waals surface area contributed by atoms with Crippen LogP contribution < -0.4 is 5.32 Å². The van der Waals surface area contributed by atoms with Gasteiger partial charge in [0.2, 0.25) is 0 Å². The Kier molecular flexibility index (Phi) is 4.09. The van der Waals surface area contributed by atoms with Gasteiger partial charge in [-0.25, -0.2) is 0 Å².